The zero-order valence-electron chi connectivity index (χ0n) is 19.4. The molecule has 0 saturated carbocycles. The SMILES string of the molecule is COc1ccc(F)cc1C(=O)NCc1c(F)cc(C2NN(C3CCOCC3)C(N)=C2C(N)=O)cc1F. The molecule has 2 aromatic carbocycles. The second kappa shape index (κ2) is 10.5. The van der Waals surface area contributed by atoms with Crippen molar-refractivity contribution in [1.29, 1.82) is 0 Å². The summed E-state index contributed by atoms with van der Waals surface area (Å²) in [5.41, 5.74) is 14.3. The summed E-state index contributed by atoms with van der Waals surface area (Å²) < 4.78 is 54.0. The van der Waals surface area contributed by atoms with Gasteiger partial charge in [0.1, 0.15) is 29.0 Å². The van der Waals surface area contributed by atoms with Crippen molar-refractivity contribution in [1.82, 2.24) is 15.8 Å². The lowest BCUT2D eigenvalue weighted by atomic mass is 9.97. The third-order valence-electron chi connectivity index (χ3n) is 6.24. The van der Waals surface area contributed by atoms with E-state index < -0.39 is 47.4 Å². The van der Waals surface area contributed by atoms with Gasteiger partial charge in [0.15, 0.2) is 0 Å². The summed E-state index contributed by atoms with van der Waals surface area (Å²) in [6.45, 7) is 0.513. The lowest BCUT2D eigenvalue weighted by molar-refractivity contribution is -0.114. The number of nitrogens with two attached hydrogens (primary N) is 2. The van der Waals surface area contributed by atoms with Gasteiger partial charge in [-0.25, -0.2) is 18.6 Å². The molecular weight excluding hydrogens is 479 g/mol. The Morgan fingerprint density at radius 3 is 2.44 bits per heavy atom. The van der Waals surface area contributed by atoms with Crippen LogP contribution in [0.15, 0.2) is 41.7 Å². The molecule has 2 amide bonds. The van der Waals surface area contributed by atoms with Crippen molar-refractivity contribution in [3.63, 3.8) is 0 Å². The molecule has 2 aliphatic rings. The van der Waals surface area contributed by atoms with E-state index in [2.05, 4.69) is 10.7 Å². The lowest BCUT2D eigenvalue weighted by Gasteiger charge is -2.33. The number of carbonyl (C=O) groups excluding carboxylic acids is 2. The fraction of sp³-hybridized carbons (Fsp3) is 0.333. The van der Waals surface area contributed by atoms with Gasteiger partial charge in [-0.3, -0.25) is 14.6 Å². The second-order valence-corrected chi connectivity index (χ2v) is 8.43. The molecule has 4 rings (SSSR count). The largest absolute Gasteiger partial charge is 0.496 e. The zero-order valence-corrected chi connectivity index (χ0v) is 19.4. The van der Waals surface area contributed by atoms with Crippen molar-refractivity contribution in [2.24, 2.45) is 11.5 Å². The van der Waals surface area contributed by atoms with E-state index in [9.17, 15) is 14.0 Å². The highest BCUT2D eigenvalue weighted by atomic mass is 19.1. The van der Waals surface area contributed by atoms with E-state index in [0.717, 1.165) is 24.3 Å². The number of rotatable bonds is 7. The Labute approximate surface area is 205 Å². The van der Waals surface area contributed by atoms with Crippen molar-refractivity contribution in [2.75, 3.05) is 20.3 Å². The first-order valence-corrected chi connectivity index (χ1v) is 11.2. The Morgan fingerprint density at radius 1 is 1.17 bits per heavy atom. The smallest absolute Gasteiger partial charge is 0.255 e. The van der Waals surface area contributed by atoms with Crippen LogP contribution in [0.25, 0.3) is 0 Å². The Balaban J connectivity index is 1.55. The monoisotopic (exact) mass is 505 g/mol. The van der Waals surface area contributed by atoms with Gasteiger partial charge in [-0.2, -0.15) is 0 Å². The molecule has 0 radical (unpaired) electrons. The van der Waals surface area contributed by atoms with E-state index >= 15 is 8.78 Å². The highest BCUT2D eigenvalue weighted by molar-refractivity contribution is 5.97. The van der Waals surface area contributed by atoms with Gasteiger partial charge in [0.05, 0.1) is 30.3 Å². The van der Waals surface area contributed by atoms with Crippen molar-refractivity contribution in [2.45, 2.75) is 31.5 Å². The maximum Gasteiger partial charge on any atom is 0.255 e. The molecule has 9 nitrogen and oxygen atoms in total. The molecule has 6 N–H and O–H groups in total. The van der Waals surface area contributed by atoms with Gasteiger partial charge < -0.3 is 26.3 Å². The van der Waals surface area contributed by atoms with Crippen molar-refractivity contribution in [3.8, 4) is 5.75 Å². The third kappa shape index (κ3) is 4.95. The number of ether oxygens (including phenoxy) is 2. The first kappa shape index (κ1) is 25.3. The molecule has 0 spiro atoms. The first-order valence-electron chi connectivity index (χ1n) is 11.2. The highest BCUT2D eigenvalue weighted by Crippen LogP contribution is 2.34. The number of hydrazine groups is 1. The van der Waals surface area contributed by atoms with Crippen molar-refractivity contribution in [3.05, 3.63) is 75.9 Å². The molecule has 1 saturated heterocycles. The van der Waals surface area contributed by atoms with Crippen LogP contribution in [-0.4, -0.2) is 43.2 Å². The minimum absolute atomic E-state index is 0.000422. The molecule has 2 heterocycles. The van der Waals surface area contributed by atoms with Crippen LogP contribution in [-0.2, 0) is 16.1 Å². The number of amides is 2. The van der Waals surface area contributed by atoms with Crippen molar-refractivity contribution < 1.29 is 32.2 Å². The topological polar surface area (TPSA) is 132 Å². The Kier molecular flexibility index (Phi) is 7.36. The van der Waals surface area contributed by atoms with E-state index in [1.54, 1.807) is 5.01 Å². The molecule has 0 aromatic heterocycles. The van der Waals surface area contributed by atoms with Crippen LogP contribution in [0.3, 0.4) is 0 Å². The van der Waals surface area contributed by atoms with E-state index in [4.69, 9.17) is 20.9 Å². The number of hydrogen-bond acceptors (Lipinski definition) is 7. The average molecular weight is 505 g/mol. The van der Waals surface area contributed by atoms with Crippen LogP contribution in [0, 0.1) is 17.5 Å². The molecule has 12 heteroatoms. The van der Waals surface area contributed by atoms with Gasteiger partial charge >= 0.3 is 0 Å². The standard InChI is InChI=1S/C24H26F3N5O4/c1-35-19-3-2-13(25)10-15(19)24(34)30-11-16-17(26)8-12(9-18(16)27)21-20(23(29)33)22(28)32(31-21)14-4-6-36-7-5-14/h2-3,8-10,14,21,31H,4-7,11,28H2,1H3,(H2,29,33)(H,30,34). The maximum absolute atomic E-state index is 15.0. The minimum atomic E-state index is -0.963. The lowest BCUT2D eigenvalue weighted by Crippen LogP contribution is -2.46. The van der Waals surface area contributed by atoms with Crippen LogP contribution in [0.5, 0.6) is 5.75 Å². The fourth-order valence-electron chi connectivity index (χ4n) is 4.39. The summed E-state index contributed by atoms with van der Waals surface area (Å²) in [6, 6.07) is 4.41. The fourth-order valence-corrected chi connectivity index (χ4v) is 4.39. The average Bonchev–Trinajstić information content (AvgIpc) is 3.21. The Hall–Kier alpha value is -3.77. The molecule has 192 valence electrons. The van der Waals surface area contributed by atoms with E-state index in [0.29, 0.717) is 26.1 Å². The number of halogens is 3. The van der Waals surface area contributed by atoms with Gasteiger partial charge in [-0.1, -0.05) is 0 Å². The second-order valence-electron chi connectivity index (χ2n) is 8.43. The number of hydrogen-bond donors (Lipinski definition) is 4. The van der Waals surface area contributed by atoms with Gasteiger partial charge in [0.2, 0.25) is 5.91 Å². The quantitative estimate of drug-likeness (QED) is 0.451. The van der Waals surface area contributed by atoms with Crippen LogP contribution >= 0.6 is 0 Å². The molecule has 0 bridgehead atoms. The van der Waals surface area contributed by atoms with Gasteiger partial charge in [0, 0.05) is 25.3 Å². The number of primary amides is 1. The summed E-state index contributed by atoms with van der Waals surface area (Å²) in [5.74, 6) is -3.96. The summed E-state index contributed by atoms with van der Waals surface area (Å²) in [7, 11) is 1.31. The van der Waals surface area contributed by atoms with E-state index in [1.165, 1.54) is 13.2 Å². The minimum Gasteiger partial charge on any atom is -0.496 e. The number of nitrogens with one attached hydrogen (secondary N) is 2. The summed E-state index contributed by atoms with van der Waals surface area (Å²) in [6.07, 6.45) is 1.29. The molecule has 36 heavy (non-hydrogen) atoms. The molecule has 2 aromatic rings. The highest BCUT2D eigenvalue weighted by Gasteiger charge is 2.38. The van der Waals surface area contributed by atoms with Gasteiger partial charge in [0.25, 0.3) is 5.91 Å². The number of methoxy groups -OCH3 is 1. The maximum atomic E-state index is 15.0. The molecule has 1 atom stereocenters. The van der Waals surface area contributed by atoms with Crippen LogP contribution < -0.4 is 26.9 Å². The number of benzene rings is 2. The number of nitrogens with zero attached hydrogens (tertiary/aromatic N) is 1. The predicted molar refractivity (Wildman–Crippen MR) is 122 cm³/mol. The van der Waals surface area contributed by atoms with E-state index in [-0.39, 0.29) is 34.3 Å². The normalized spacial score (nSPS) is 18.4. The summed E-state index contributed by atoms with van der Waals surface area (Å²) >= 11 is 0. The van der Waals surface area contributed by atoms with Gasteiger partial charge in [-0.15, -0.1) is 0 Å². The summed E-state index contributed by atoms with van der Waals surface area (Å²) in [4.78, 5) is 24.7. The molecule has 1 unspecified atom stereocenters. The zero-order chi connectivity index (χ0) is 26.0. The third-order valence-corrected chi connectivity index (χ3v) is 6.24. The van der Waals surface area contributed by atoms with Crippen LogP contribution in [0.1, 0.15) is 40.4 Å². The molecule has 0 aliphatic carbocycles. The van der Waals surface area contributed by atoms with Crippen molar-refractivity contribution >= 4 is 11.8 Å². The Bertz CT molecular complexity index is 1190. The van der Waals surface area contributed by atoms with Crippen LogP contribution in [0.4, 0.5) is 13.2 Å². The van der Waals surface area contributed by atoms with Gasteiger partial charge in [-0.05, 0) is 48.7 Å². The first-order chi connectivity index (χ1) is 17.2. The molecular formula is C24H26F3N5O4. The Morgan fingerprint density at radius 2 is 1.83 bits per heavy atom. The molecule has 2 aliphatic heterocycles. The molecule has 1 fully saturated rings. The predicted octanol–water partition coefficient (Wildman–Crippen LogP) is 1.74. The summed E-state index contributed by atoms with van der Waals surface area (Å²) in [5, 5.41) is 3.97. The van der Waals surface area contributed by atoms with Crippen LogP contribution in [0.2, 0.25) is 0 Å². The number of carbonyl (C=O) groups is 2. The van der Waals surface area contributed by atoms with E-state index in [1.807, 2.05) is 0 Å².